The highest BCUT2D eigenvalue weighted by atomic mass is 35.5. The molecule has 5 nitrogen and oxygen atoms in total. The minimum Gasteiger partial charge on any atom is -0.366 e. The van der Waals surface area contributed by atoms with E-state index in [0.717, 1.165) is 5.69 Å². The number of nitrogens with zero attached hydrogens (tertiary/aromatic N) is 3. The number of amides is 2. The van der Waals surface area contributed by atoms with E-state index in [4.69, 9.17) is 11.6 Å². The summed E-state index contributed by atoms with van der Waals surface area (Å²) in [4.78, 5) is 31.0. The molecule has 7 heteroatoms. The predicted octanol–water partition coefficient (Wildman–Crippen LogP) is 3.18. The summed E-state index contributed by atoms with van der Waals surface area (Å²) in [7, 11) is 0. The third-order valence-corrected chi connectivity index (χ3v) is 5.64. The van der Waals surface area contributed by atoms with E-state index in [0.29, 0.717) is 49.9 Å². The quantitative estimate of drug-likeness (QED) is 0.742. The first-order valence-electron chi connectivity index (χ1n) is 9.40. The molecule has 0 bridgehead atoms. The fourth-order valence-electron chi connectivity index (χ4n) is 3.91. The van der Waals surface area contributed by atoms with Crippen LogP contribution in [0.15, 0.2) is 48.5 Å². The van der Waals surface area contributed by atoms with E-state index in [1.165, 1.54) is 6.07 Å². The monoisotopic (exact) mass is 401 g/mol. The molecule has 2 aromatic rings. The van der Waals surface area contributed by atoms with Gasteiger partial charge in [0.15, 0.2) is 0 Å². The third-order valence-electron chi connectivity index (χ3n) is 5.41. The molecule has 2 aliphatic heterocycles. The maximum atomic E-state index is 14.0. The fourth-order valence-corrected chi connectivity index (χ4v) is 4.09. The van der Waals surface area contributed by atoms with E-state index in [1.807, 2.05) is 11.0 Å². The van der Waals surface area contributed by atoms with Crippen LogP contribution in [-0.2, 0) is 9.59 Å². The van der Waals surface area contributed by atoms with Gasteiger partial charge in [0, 0.05) is 43.4 Å². The molecule has 2 saturated heterocycles. The van der Waals surface area contributed by atoms with Crippen LogP contribution in [0.4, 0.5) is 15.8 Å². The van der Waals surface area contributed by atoms with Gasteiger partial charge in [0.05, 0.1) is 5.69 Å². The lowest BCUT2D eigenvalue weighted by molar-refractivity contribution is -0.140. The Morgan fingerprint density at radius 3 is 2.46 bits per heavy atom. The number of piperazine rings is 1. The lowest BCUT2D eigenvalue weighted by Gasteiger charge is -2.37. The second-order valence-electron chi connectivity index (χ2n) is 7.07. The summed E-state index contributed by atoms with van der Waals surface area (Å²) < 4.78 is 14.0. The summed E-state index contributed by atoms with van der Waals surface area (Å²) >= 11 is 6.02. The average molecular weight is 402 g/mol. The Labute approximate surface area is 168 Å². The normalized spacial score (nSPS) is 20.0. The Morgan fingerprint density at radius 2 is 1.75 bits per heavy atom. The Balaban J connectivity index is 1.39. The van der Waals surface area contributed by atoms with E-state index in [9.17, 15) is 14.0 Å². The van der Waals surface area contributed by atoms with Crippen LogP contribution < -0.4 is 9.80 Å². The average Bonchev–Trinajstić information content (AvgIpc) is 3.09. The summed E-state index contributed by atoms with van der Waals surface area (Å²) in [5.41, 5.74) is 1.27. The molecule has 0 saturated carbocycles. The molecule has 0 aromatic heterocycles. The Morgan fingerprint density at radius 1 is 1.00 bits per heavy atom. The number of carbonyl (C=O) groups excluding carboxylic acids is 2. The second kappa shape index (κ2) is 7.80. The zero-order chi connectivity index (χ0) is 19.7. The van der Waals surface area contributed by atoms with Crippen LogP contribution in [0.25, 0.3) is 0 Å². The molecule has 2 aromatic carbocycles. The van der Waals surface area contributed by atoms with E-state index in [1.54, 1.807) is 46.2 Å². The lowest BCUT2D eigenvalue weighted by Crippen LogP contribution is -2.51. The number of hydrogen-bond acceptors (Lipinski definition) is 3. The third kappa shape index (κ3) is 3.56. The van der Waals surface area contributed by atoms with Crippen LogP contribution in [0.3, 0.4) is 0 Å². The van der Waals surface area contributed by atoms with Gasteiger partial charge in [0.1, 0.15) is 11.7 Å². The molecular formula is C21H21ClFN3O2. The number of halogens is 2. The predicted molar refractivity (Wildman–Crippen MR) is 107 cm³/mol. The second-order valence-corrected chi connectivity index (χ2v) is 7.51. The van der Waals surface area contributed by atoms with E-state index in [-0.39, 0.29) is 17.6 Å². The molecule has 2 aliphatic rings. The van der Waals surface area contributed by atoms with Crippen molar-refractivity contribution in [2.45, 2.75) is 6.42 Å². The highest BCUT2D eigenvalue weighted by Crippen LogP contribution is 2.29. The van der Waals surface area contributed by atoms with Gasteiger partial charge in [-0.25, -0.2) is 4.39 Å². The van der Waals surface area contributed by atoms with Gasteiger partial charge in [-0.3, -0.25) is 9.59 Å². The van der Waals surface area contributed by atoms with Crippen molar-refractivity contribution in [3.05, 3.63) is 59.4 Å². The molecule has 146 valence electrons. The van der Waals surface area contributed by atoms with Crippen molar-refractivity contribution in [2.75, 3.05) is 42.5 Å². The van der Waals surface area contributed by atoms with Gasteiger partial charge < -0.3 is 14.7 Å². The van der Waals surface area contributed by atoms with E-state index in [2.05, 4.69) is 0 Å². The van der Waals surface area contributed by atoms with Crippen molar-refractivity contribution in [1.82, 2.24) is 4.90 Å². The zero-order valence-electron chi connectivity index (χ0n) is 15.4. The Bertz CT molecular complexity index is 899. The molecule has 1 unspecified atom stereocenters. The smallest absolute Gasteiger partial charge is 0.239 e. The number of para-hydroxylation sites is 1. The van der Waals surface area contributed by atoms with Crippen LogP contribution in [0.2, 0.25) is 5.02 Å². The highest BCUT2D eigenvalue weighted by molar-refractivity contribution is 6.31. The first kappa shape index (κ1) is 18.7. The van der Waals surface area contributed by atoms with Gasteiger partial charge in [0.25, 0.3) is 0 Å². The summed E-state index contributed by atoms with van der Waals surface area (Å²) in [6.45, 7) is 2.56. The van der Waals surface area contributed by atoms with Crippen LogP contribution in [0.1, 0.15) is 6.42 Å². The van der Waals surface area contributed by atoms with Crippen molar-refractivity contribution < 1.29 is 14.0 Å². The van der Waals surface area contributed by atoms with Crippen molar-refractivity contribution in [3.63, 3.8) is 0 Å². The van der Waals surface area contributed by atoms with Crippen LogP contribution in [0.5, 0.6) is 0 Å². The van der Waals surface area contributed by atoms with Crippen LogP contribution in [-0.4, -0.2) is 49.4 Å². The molecule has 28 heavy (non-hydrogen) atoms. The maximum Gasteiger partial charge on any atom is 0.239 e. The summed E-state index contributed by atoms with van der Waals surface area (Å²) in [6.07, 6.45) is 0.498. The first-order chi connectivity index (χ1) is 13.5. The summed E-state index contributed by atoms with van der Waals surface area (Å²) in [5.74, 6) is -1.23. The molecule has 1 atom stereocenters. The van der Waals surface area contributed by atoms with Gasteiger partial charge >= 0.3 is 0 Å². The molecule has 0 aliphatic carbocycles. The van der Waals surface area contributed by atoms with Crippen LogP contribution in [0, 0.1) is 11.7 Å². The number of carbonyl (C=O) groups is 2. The van der Waals surface area contributed by atoms with Gasteiger partial charge in [-0.1, -0.05) is 29.8 Å². The minimum absolute atomic E-state index is 0.136. The van der Waals surface area contributed by atoms with Crippen LogP contribution >= 0.6 is 11.6 Å². The molecular weight excluding hydrogens is 381 g/mol. The Hall–Kier alpha value is -2.60. The topological polar surface area (TPSA) is 43.9 Å². The highest BCUT2D eigenvalue weighted by Gasteiger charge is 2.40. The SMILES string of the molecule is O=C(C1CCN(c2cccc(Cl)c2)C1=O)N1CCN(c2ccccc2F)CC1. The van der Waals surface area contributed by atoms with Crippen molar-refractivity contribution in [1.29, 1.82) is 0 Å². The molecule has 0 spiro atoms. The number of hydrogen-bond donors (Lipinski definition) is 0. The molecule has 2 fully saturated rings. The Kier molecular flexibility index (Phi) is 5.22. The number of rotatable bonds is 3. The van der Waals surface area contributed by atoms with Gasteiger partial charge in [-0.15, -0.1) is 0 Å². The van der Waals surface area contributed by atoms with Gasteiger partial charge in [-0.05, 0) is 36.8 Å². The molecule has 0 N–H and O–H groups in total. The first-order valence-corrected chi connectivity index (χ1v) is 9.77. The maximum absolute atomic E-state index is 14.0. The summed E-state index contributed by atoms with van der Waals surface area (Å²) in [5, 5.41) is 0.560. The molecule has 4 rings (SSSR count). The van der Waals surface area contributed by atoms with E-state index < -0.39 is 5.92 Å². The lowest BCUT2D eigenvalue weighted by atomic mass is 10.1. The molecule has 2 heterocycles. The standard InChI is InChI=1S/C21H21ClFN3O2/c22-15-4-3-5-16(14-15)26-9-8-17(21(26)28)20(27)25-12-10-24(11-13-25)19-7-2-1-6-18(19)23/h1-7,14,17H,8-13H2. The minimum atomic E-state index is -0.654. The van der Waals surface area contributed by atoms with Crippen molar-refractivity contribution in [2.24, 2.45) is 5.92 Å². The fraction of sp³-hybridized carbons (Fsp3) is 0.333. The molecule has 0 radical (unpaired) electrons. The largest absolute Gasteiger partial charge is 0.366 e. The number of anilines is 2. The van der Waals surface area contributed by atoms with Crippen molar-refractivity contribution >= 4 is 34.8 Å². The van der Waals surface area contributed by atoms with Gasteiger partial charge in [0.2, 0.25) is 11.8 Å². The van der Waals surface area contributed by atoms with Gasteiger partial charge in [-0.2, -0.15) is 0 Å². The summed E-state index contributed by atoms with van der Waals surface area (Å²) in [6, 6.07) is 13.8. The zero-order valence-corrected chi connectivity index (χ0v) is 16.1. The van der Waals surface area contributed by atoms with E-state index >= 15 is 0 Å². The molecule has 2 amide bonds. The van der Waals surface area contributed by atoms with Crippen molar-refractivity contribution in [3.8, 4) is 0 Å². The number of benzene rings is 2.